The number of rotatable bonds is 5. The summed E-state index contributed by atoms with van der Waals surface area (Å²) in [5.41, 5.74) is 1.36. The van der Waals surface area contributed by atoms with Crippen molar-refractivity contribution in [2.45, 2.75) is 19.6 Å². The first-order valence-corrected chi connectivity index (χ1v) is 6.64. The van der Waals surface area contributed by atoms with E-state index in [0.29, 0.717) is 12.2 Å². The predicted octanol–water partition coefficient (Wildman–Crippen LogP) is 3.74. The zero-order chi connectivity index (χ0) is 13.8. The van der Waals surface area contributed by atoms with Crippen LogP contribution >= 0.6 is 11.3 Å². The smallest absolute Gasteiger partial charge is 0.160 e. The fraction of sp³-hybridized carbons (Fsp3) is 0.308. The summed E-state index contributed by atoms with van der Waals surface area (Å²) in [5, 5.41) is 5.80. The molecule has 0 aliphatic heterocycles. The van der Waals surface area contributed by atoms with Gasteiger partial charge >= 0.3 is 0 Å². The topological polar surface area (TPSA) is 34.1 Å². The van der Waals surface area contributed by atoms with Crippen molar-refractivity contribution in [1.29, 1.82) is 0 Å². The Bertz CT molecular complexity index is 559. The number of methoxy groups -OCH3 is 1. The molecule has 2 rings (SSSR count). The lowest BCUT2D eigenvalue weighted by molar-refractivity contribution is 0.119. The highest BCUT2D eigenvalue weighted by molar-refractivity contribution is 7.09. The zero-order valence-corrected chi connectivity index (χ0v) is 11.4. The molecule has 0 aliphatic rings. The maximum atomic E-state index is 13.0. The number of aromatic nitrogens is 1. The predicted molar refractivity (Wildman–Crippen MR) is 71.2 cm³/mol. The standard InChI is InChI=1S/C13H14F2N2OS/c1-8(18-2)13-17-10(7-19-13)6-16-9-3-4-11(14)12(15)5-9/h3-5,7-8,16H,6H2,1-2H3/t8-/m0/s1. The number of hydrogen-bond donors (Lipinski definition) is 1. The Kier molecular flexibility index (Phi) is 4.44. The molecule has 1 aromatic heterocycles. The van der Waals surface area contributed by atoms with E-state index in [2.05, 4.69) is 10.3 Å². The highest BCUT2D eigenvalue weighted by Crippen LogP contribution is 2.21. The molecule has 1 aromatic carbocycles. The number of nitrogens with one attached hydrogen (secondary N) is 1. The van der Waals surface area contributed by atoms with Crippen LogP contribution in [0.2, 0.25) is 0 Å². The van der Waals surface area contributed by atoms with Crippen LogP contribution in [0.3, 0.4) is 0 Å². The van der Waals surface area contributed by atoms with Gasteiger partial charge in [0.1, 0.15) is 11.1 Å². The molecule has 1 N–H and O–H groups in total. The highest BCUT2D eigenvalue weighted by atomic mass is 32.1. The van der Waals surface area contributed by atoms with Crippen LogP contribution in [0, 0.1) is 11.6 Å². The van der Waals surface area contributed by atoms with Gasteiger partial charge in [0.05, 0.1) is 12.2 Å². The second kappa shape index (κ2) is 6.08. The second-order valence-corrected chi connectivity index (χ2v) is 4.93. The number of anilines is 1. The van der Waals surface area contributed by atoms with Crippen molar-refractivity contribution in [3.05, 3.63) is 45.9 Å². The number of benzene rings is 1. The Morgan fingerprint density at radius 2 is 2.16 bits per heavy atom. The second-order valence-electron chi connectivity index (χ2n) is 4.04. The van der Waals surface area contributed by atoms with Gasteiger partial charge in [-0.25, -0.2) is 13.8 Å². The number of nitrogens with zero attached hydrogens (tertiary/aromatic N) is 1. The van der Waals surface area contributed by atoms with E-state index in [9.17, 15) is 8.78 Å². The van der Waals surface area contributed by atoms with Gasteiger partial charge in [0.25, 0.3) is 0 Å². The van der Waals surface area contributed by atoms with Crippen molar-refractivity contribution >= 4 is 17.0 Å². The summed E-state index contributed by atoms with van der Waals surface area (Å²) < 4.78 is 31.0. The molecule has 0 fully saturated rings. The van der Waals surface area contributed by atoms with Gasteiger partial charge in [0, 0.05) is 24.2 Å². The molecule has 0 bridgehead atoms. The van der Waals surface area contributed by atoms with Crippen LogP contribution in [0.15, 0.2) is 23.6 Å². The molecule has 0 amide bonds. The molecule has 0 spiro atoms. The van der Waals surface area contributed by atoms with E-state index < -0.39 is 11.6 Å². The zero-order valence-electron chi connectivity index (χ0n) is 10.6. The monoisotopic (exact) mass is 284 g/mol. The molecule has 3 nitrogen and oxygen atoms in total. The van der Waals surface area contributed by atoms with Crippen LogP contribution in [0.4, 0.5) is 14.5 Å². The third-order valence-electron chi connectivity index (χ3n) is 2.66. The minimum atomic E-state index is -0.864. The van der Waals surface area contributed by atoms with E-state index in [0.717, 1.165) is 22.8 Å². The average molecular weight is 284 g/mol. The van der Waals surface area contributed by atoms with Gasteiger partial charge in [-0.3, -0.25) is 0 Å². The van der Waals surface area contributed by atoms with E-state index in [1.54, 1.807) is 7.11 Å². The highest BCUT2D eigenvalue weighted by Gasteiger charge is 2.09. The first-order chi connectivity index (χ1) is 9.10. The van der Waals surface area contributed by atoms with Crippen LogP contribution < -0.4 is 5.32 Å². The lowest BCUT2D eigenvalue weighted by atomic mass is 10.3. The Hall–Kier alpha value is -1.53. The van der Waals surface area contributed by atoms with Crippen molar-refractivity contribution in [3.63, 3.8) is 0 Å². The van der Waals surface area contributed by atoms with Gasteiger partial charge in [-0.1, -0.05) is 0 Å². The molecule has 6 heteroatoms. The Morgan fingerprint density at radius 3 is 2.84 bits per heavy atom. The molecule has 0 saturated carbocycles. The molecule has 102 valence electrons. The van der Waals surface area contributed by atoms with Gasteiger partial charge in [-0.2, -0.15) is 0 Å². The minimum absolute atomic E-state index is 0.0398. The minimum Gasteiger partial charge on any atom is -0.379 e. The summed E-state index contributed by atoms with van der Waals surface area (Å²) in [7, 11) is 1.63. The van der Waals surface area contributed by atoms with E-state index in [4.69, 9.17) is 4.74 Å². The van der Waals surface area contributed by atoms with Gasteiger partial charge in [0.15, 0.2) is 11.6 Å². The molecule has 0 unspecified atom stereocenters. The van der Waals surface area contributed by atoms with Gasteiger partial charge in [-0.05, 0) is 19.1 Å². The Labute approximate surface area is 114 Å². The van der Waals surface area contributed by atoms with Gasteiger partial charge in [-0.15, -0.1) is 11.3 Å². The van der Waals surface area contributed by atoms with Crippen LogP contribution in [-0.4, -0.2) is 12.1 Å². The van der Waals surface area contributed by atoms with Crippen molar-refractivity contribution in [3.8, 4) is 0 Å². The average Bonchev–Trinajstić information content (AvgIpc) is 2.88. The third kappa shape index (κ3) is 3.48. The first kappa shape index (κ1) is 13.9. The van der Waals surface area contributed by atoms with Crippen molar-refractivity contribution in [2.24, 2.45) is 0 Å². The van der Waals surface area contributed by atoms with E-state index in [-0.39, 0.29) is 6.10 Å². The van der Waals surface area contributed by atoms with Gasteiger partial charge < -0.3 is 10.1 Å². The lowest BCUT2D eigenvalue weighted by Crippen LogP contribution is -2.02. The first-order valence-electron chi connectivity index (χ1n) is 5.76. The number of ether oxygens (including phenoxy) is 1. The molecule has 0 aliphatic carbocycles. The number of thiazole rings is 1. The van der Waals surface area contributed by atoms with E-state index >= 15 is 0 Å². The fourth-order valence-corrected chi connectivity index (χ4v) is 2.34. The summed E-state index contributed by atoms with van der Waals surface area (Å²) in [4.78, 5) is 4.40. The van der Waals surface area contributed by atoms with Crippen molar-refractivity contribution in [2.75, 3.05) is 12.4 Å². The molecule has 2 aromatic rings. The normalized spacial score (nSPS) is 12.4. The summed E-state index contributed by atoms with van der Waals surface area (Å²) >= 11 is 1.51. The third-order valence-corrected chi connectivity index (χ3v) is 3.72. The van der Waals surface area contributed by atoms with Crippen LogP contribution in [0.5, 0.6) is 0 Å². The maximum Gasteiger partial charge on any atom is 0.160 e. The lowest BCUT2D eigenvalue weighted by Gasteiger charge is -2.05. The molecule has 19 heavy (non-hydrogen) atoms. The van der Waals surface area contributed by atoms with Crippen LogP contribution in [0.25, 0.3) is 0 Å². The summed E-state index contributed by atoms with van der Waals surface area (Å²) in [6, 6.07) is 3.71. The molecular weight excluding hydrogens is 270 g/mol. The molecule has 0 saturated heterocycles. The van der Waals surface area contributed by atoms with E-state index in [1.807, 2.05) is 12.3 Å². The van der Waals surface area contributed by atoms with Crippen molar-refractivity contribution in [1.82, 2.24) is 4.98 Å². The van der Waals surface area contributed by atoms with Gasteiger partial charge in [0.2, 0.25) is 0 Å². The Balaban J connectivity index is 1.98. The summed E-state index contributed by atoms with van der Waals surface area (Å²) in [6.45, 7) is 2.38. The fourth-order valence-electron chi connectivity index (χ4n) is 1.49. The Morgan fingerprint density at radius 1 is 1.37 bits per heavy atom. The molecular formula is C13H14F2N2OS. The molecule has 0 radical (unpaired) electrons. The number of halogens is 2. The van der Waals surface area contributed by atoms with Crippen LogP contribution in [0.1, 0.15) is 23.7 Å². The summed E-state index contributed by atoms with van der Waals surface area (Å²) in [6.07, 6.45) is -0.0398. The SMILES string of the molecule is CO[C@@H](C)c1nc(CNc2ccc(F)c(F)c2)cs1. The largest absolute Gasteiger partial charge is 0.379 e. The summed E-state index contributed by atoms with van der Waals surface area (Å²) in [5.74, 6) is -1.72. The van der Waals surface area contributed by atoms with E-state index in [1.165, 1.54) is 17.4 Å². The molecule has 1 atom stereocenters. The van der Waals surface area contributed by atoms with Crippen LogP contribution in [-0.2, 0) is 11.3 Å². The number of hydrogen-bond acceptors (Lipinski definition) is 4. The quantitative estimate of drug-likeness (QED) is 0.908. The molecule has 1 heterocycles. The maximum absolute atomic E-state index is 13.0. The van der Waals surface area contributed by atoms with Crippen molar-refractivity contribution < 1.29 is 13.5 Å².